The summed E-state index contributed by atoms with van der Waals surface area (Å²) in [5, 5.41) is 6.46. The van der Waals surface area contributed by atoms with Gasteiger partial charge < -0.3 is 10.6 Å². The van der Waals surface area contributed by atoms with Crippen LogP contribution in [-0.2, 0) is 11.3 Å². The number of amides is 1. The van der Waals surface area contributed by atoms with Crippen LogP contribution in [0.4, 0.5) is 0 Å². The third-order valence-corrected chi connectivity index (χ3v) is 3.38. The van der Waals surface area contributed by atoms with Crippen LogP contribution in [0.3, 0.4) is 0 Å². The van der Waals surface area contributed by atoms with E-state index >= 15 is 0 Å². The number of nitrogens with zero attached hydrogens (tertiary/aromatic N) is 1. The van der Waals surface area contributed by atoms with Gasteiger partial charge in [0.15, 0.2) is 0 Å². The third kappa shape index (κ3) is 5.70. The lowest BCUT2D eigenvalue weighted by atomic mass is 9.95. The largest absolute Gasteiger partial charge is 0.351 e. The van der Waals surface area contributed by atoms with E-state index in [1.54, 1.807) is 6.92 Å². The maximum absolute atomic E-state index is 11.1. The fourth-order valence-electron chi connectivity index (χ4n) is 2.46. The molecule has 0 radical (unpaired) electrons. The fraction of sp³-hybridized carbons (Fsp3) is 0.625. The minimum Gasteiger partial charge on any atom is -0.351 e. The van der Waals surface area contributed by atoms with Gasteiger partial charge in [0.05, 0.1) is 0 Å². The van der Waals surface area contributed by atoms with Gasteiger partial charge in [-0.2, -0.15) is 0 Å². The number of pyridine rings is 1. The van der Waals surface area contributed by atoms with Crippen molar-refractivity contribution in [3.63, 3.8) is 0 Å². The highest BCUT2D eigenvalue weighted by molar-refractivity contribution is 5.73. The van der Waals surface area contributed by atoms with Crippen LogP contribution in [0.2, 0.25) is 0 Å². The van der Waals surface area contributed by atoms with Crippen LogP contribution in [0.25, 0.3) is 0 Å². The topological polar surface area (TPSA) is 54.0 Å². The van der Waals surface area contributed by atoms with Crippen molar-refractivity contribution in [2.45, 2.75) is 66.1 Å². The number of hydrogen-bond acceptors (Lipinski definition) is 3. The molecule has 0 spiro atoms. The van der Waals surface area contributed by atoms with Crippen LogP contribution in [-0.4, -0.2) is 22.5 Å². The predicted molar refractivity (Wildman–Crippen MR) is 82.5 cm³/mol. The van der Waals surface area contributed by atoms with Gasteiger partial charge in [0.25, 0.3) is 0 Å². The first-order chi connectivity index (χ1) is 9.19. The molecule has 0 aliphatic heterocycles. The van der Waals surface area contributed by atoms with Crippen molar-refractivity contribution in [2.24, 2.45) is 0 Å². The third-order valence-electron chi connectivity index (χ3n) is 3.38. The Kier molecular flexibility index (Phi) is 5.69. The Morgan fingerprint density at radius 2 is 2.05 bits per heavy atom. The van der Waals surface area contributed by atoms with E-state index < -0.39 is 0 Å². The monoisotopic (exact) mass is 277 g/mol. The minimum absolute atomic E-state index is 0.0144. The molecule has 0 saturated carbocycles. The molecule has 2 N–H and O–H groups in total. The summed E-state index contributed by atoms with van der Waals surface area (Å²) < 4.78 is 0. The maximum Gasteiger partial charge on any atom is 0.217 e. The molecule has 0 saturated heterocycles. The van der Waals surface area contributed by atoms with E-state index in [0.717, 1.165) is 18.7 Å². The molecular weight excluding hydrogens is 250 g/mol. The van der Waals surface area contributed by atoms with Crippen molar-refractivity contribution < 1.29 is 4.79 Å². The number of nitrogens with one attached hydrogen (secondary N) is 2. The highest BCUT2D eigenvalue weighted by atomic mass is 16.1. The molecule has 4 heteroatoms. The second-order valence-electron chi connectivity index (χ2n) is 6.30. The van der Waals surface area contributed by atoms with Crippen LogP contribution < -0.4 is 10.6 Å². The molecule has 0 aromatic carbocycles. The average molecular weight is 277 g/mol. The first-order valence-electron chi connectivity index (χ1n) is 7.14. The first kappa shape index (κ1) is 16.6. The molecule has 20 heavy (non-hydrogen) atoms. The molecule has 0 aliphatic rings. The van der Waals surface area contributed by atoms with E-state index in [2.05, 4.69) is 35.5 Å². The molecule has 0 fully saturated rings. The lowest BCUT2D eigenvalue weighted by Crippen LogP contribution is -2.46. The highest BCUT2D eigenvalue weighted by Crippen LogP contribution is 2.12. The summed E-state index contributed by atoms with van der Waals surface area (Å²) in [6.07, 6.45) is 2.80. The smallest absolute Gasteiger partial charge is 0.217 e. The Bertz CT molecular complexity index is 469. The fourth-order valence-corrected chi connectivity index (χ4v) is 2.46. The SMILES string of the molecule is CC(=O)NC(C)(C)C[C@@H](C)NCc1cnc(C)c(C)c1. The molecular formula is C16H27N3O. The van der Waals surface area contributed by atoms with Gasteiger partial charge in [0.1, 0.15) is 0 Å². The standard InChI is InChI=1S/C16H27N3O/c1-11-7-15(10-18-13(11)3)9-17-12(2)8-16(5,6)19-14(4)20/h7,10,12,17H,8-9H2,1-6H3,(H,19,20)/t12-/m1/s1. The van der Waals surface area contributed by atoms with Gasteiger partial charge in [-0.1, -0.05) is 6.07 Å². The molecule has 4 nitrogen and oxygen atoms in total. The first-order valence-corrected chi connectivity index (χ1v) is 7.14. The van der Waals surface area contributed by atoms with Crippen molar-refractivity contribution in [2.75, 3.05) is 0 Å². The van der Waals surface area contributed by atoms with Crippen molar-refractivity contribution in [1.82, 2.24) is 15.6 Å². The molecule has 1 aromatic heterocycles. The summed E-state index contributed by atoms with van der Waals surface area (Å²) in [4.78, 5) is 15.5. The number of aromatic nitrogens is 1. The van der Waals surface area contributed by atoms with Gasteiger partial charge >= 0.3 is 0 Å². The van der Waals surface area contributed by atoms with Crippen LogP contribution in [0.15, 0.2) is 12.3 Å². The molecule has 1 amide bonds. The summed E-state index contributed by atoms with van der Waals surface area (Å²) in [5.41, 5.74) is 3.29. The average Bonchev–Trinajstić information content (AvgIpc) is 2.28. The predicted octanol–water partition coefficient (Wildman–Crippen LogP) is 2.48. The van der Waals surface area contributed by atoms with Crippen molar-refractivity contribution in [3.05, 3.63) is 29.1 Å². The van der Waals surface area contributed by atoms with Crippen molar-refractivity contribution in [1.29, 1.82) is 0 Å². The zero-order chi connectivity index (χ0) is 15.3. The molecule has 0 aliphatic carbocycles. The van der Waals surface area contributed by atoms with Gasteiger partial charge in [-0.3, -0.25) is 9.78 Å². The number of aryl methyl sites for hydroxylation is 2. The van der Waals surface area contributed by atoms with E-state index in [-0.39, 0.29) is 11.4 Å². The second kappa shape index (κ2) is 6.84. The quantitative estimate of drug-likeness (QED) is 0.840. The zero-order valence-corrected chi connectivity index (χ0v) is 13.5. The second-order valence-corrected chi connectivity index (χ2v) is 6.30. The van der Waals surface area contributed by atoms with Crippen LogP contribution >= 0.6 is 0 Å². The highest BCUT2D eigenvalue weighted by Gasteiger charge is 2.21. The van der Waals surface area contributed by atoms with E-state index in [1.807, 2.05) is 27.0 Å². The van der Waals surface area contributed by atoms with Gasteiger partial charge in [-0.15, -0.1) is 0 Å². The van der Waals surface area contributed by atoms with Crippen molar-refractivity contribution >= 4 is 5.91 Å². The number of carbonyl (C=O) groups is 1. The lowest BCUT2D eigenvalue weighted by Gasteiger charge is -2.29. The Hall–Kier alpha value is -1.42. The van der Waals surface area contributed by atoms with E-state index in [1.165, 1.54) is 11.1 Å². The van der Waals surface area contributed by atoms with Gasteiger partial charge in [0, 0.05) is 36.9 Å². The number of rotatable bonds is 6. The minimum atomic E-state index is -0.195. The molecule has 0 unspecified atom stereocenters. The molecule has 1 rings (SSSR count). The van der Waals surface area contributed by atoms with Crippen LogP contribution in [0.1, 0.15) is 50.9 Å². The van der Waals surface area contributed by atoms with E-state index in [4.69, 9.17) is 0 Å². The van der Waals surface area contributed by atoms with Gasteiger partial charge in [0.2, 0.25) is 5.91 Å². The summed E-state index contributed by atoms with van der Waals surface area (Å²) >= 11 is 0. The molecule has 112 valence electrons. The number of hydrogen-bond donors (Lipinski definition) is 2. The van der Waals surface area contributed by atoms with Gasteiger partial charge in [-0.25, -0.2) is 0 Å². The molecule has 1 heterocycles. The summed E-state index contributed by atoms with van der Waals surface area (Å²) in [7, 11) is 0. The van der Waals surface area contributed by atoms with Gasteiger partial charge in [-0.05, 0) is 52.2 Å². The molecule has 1 aromatic rings. The van der Waals surface area contributed by atoms with Crippen LogP contribution in [0, 0.1) is 13.8 Å². The van der Waals surface area contributed by atoms with E-state index in [9.17, 15) is 4.79 Å². The molecule has 1 atom stereocenters. The summed E-state index contributed by atoms with van der Waals surface area (Å²) in [5.74, 6) is 0.0144. The van der Waals surface area contributed by atoms with Crippen molar-refractivity contribution in [3.8, 4) is 0 Å². The maximum atomic E-state index is 11.1. The summed E-state index contributed by atoms with van der Waals surface area (Å²) in [6, 6.07) is 2.49. The number of carbonyl (C=O) groups excluding carboxylic acids is 1. The van der Waals surface area contributed by atoms with E-state index in [0.29, 0.717) is 6.04 Å². The Labute approximate surface area is 122 Å². The Morgan fingerprint density at radius 1 is 1.40 bits per heavy atom. The Morgan fingerprint density at radius 3 is 2.60 bits per heavy atom. The molecule has 0 bridgehead atoms. The normalized spacial score (nSPS) is 13.1. The zero-order valence-electron chi connectivity index (χ0n) is 13.5. The summed E-state index contributed by atoms with van der Waals surface area (Å²) in [6.45, 7) is 12.7. The lowest BCUT2D eigenvalue weighted by molar-refractivity contribution is -0.120. The Balaban J connectivity index is 2.48. The van der Waals surface area contributed by atoms with Crippen LogP contribution in [0.5, 0.6) is 0 Å².